The molecule has 3 aromatic rings. The van der Waals surface area contributed by atoms with Crippen molar-refractivity contribution in [2.24, 2.45) is 0 Å². The summed E-state index contributed by atoms with van der Waals surface area (Å²) in [6, 6.07) is 29.3. The van der Waals surface area contributed by atoms with Crippen LogP contribution in [0.1, 0.15) is 80.9 Å². The molecule has 3 aromatic carbocycles. The van der Waals surface area contributed by atoms with Crippen LogP contribution in [0.2, 0.25) is 0 Å². The molecule has 174 valence electrons. The molecule has 0 heterocycles. The van der Waals surface area contributed by atoms with E-state index in [1.54, 1.807) is 0 Å². The summed E-state index contributed by atoms with van der Waals surface area (Å²) < 4.78 is 6.13. The van der Waals surface area contributed by atoms with Gasteiger partial charge in [-0.1, -0.05) is 130 Å². The number of hydrogen-bond acceptors (Lipinski definition) is 2. The molecule has 33 heavy (non-hydrogen) atoms. The maximum atomic E-state index is 11.4. The Balaban J connectivity index is 0.000000172. The van der Waals surface area contributed by atoms with E-state index >= 15 is 0 Å². The van der Waals surface area contributed by atoms with Crippen molar-refractivity contribution in [2.75, 3.05) is 0 Å². The maximum Gasteiger partial charge on any atom is 0.140 e. The summed E-state index contributed by atoms with van der Waals surface area (Å²) in [5.41, 5.74) is 1.50. The molecule has 5 rings (SSSR count). The predicted octanol–water partition coefficient (Wildman–Crippen LogP) is 7.64. The van der Waals surface area contributed by atoms with E-state index in [1.807, 2.05) is 91.0 Å². The lowest BCUT2D eigenvalue weighted by atomic mass is 9.80. The number of rotatable bonds is 5. The third-order valence-electron chi connectivity index (χ3n) is 7.06. The van der Waals surface area contributed by atoms with Gasteiger partial charge in [-0.3, -0.25) is 0 Å². The molecule has 2 fully saturated rings. The topological polar surface area (TPSA) is 29.5 Å². The molecule has 1 N–H and O–H groups in total. The van der Waals surface area contributed by atoms with Gasteiger partial charge >= 0.3 is 0 Å². The van der Waals surface area contributed by atoms with Gasteiger partial charge in [0.05, 0.1) is 12.2 Å². The Labute approximate surface area is 199 Å². The second-order valence-electron chi connectivity index (χ2n) is 9.46. The van der Waals surface area contributed by atoms with E-state index in [4.69, 9.17) is 4.74 Å². The summed E-state index contributed by atoms with van der Waals surface area (Å²) in [7, 11) is 0. The lowest BCUT2D eigenvalue weighted by molar-refractivity contribution is -0.0450. The zero-order valence-corrected chi connectivity index (χ0v) is 19.7. The van der Waals surface area contributed by atoms with Crippen LogP contribution in [0, 0.1) is 0 Å². The quantitative estimate of drug-likeness (QED) is 0.411. The van der Waals surface area contributed by atoms with Crippen molar-refractivity contribution >= 4 is 0 Å². The van der Waals surface area contributed by atoms with Crippen LogP contribution in [-0.4, -0.2) is 17.3 Å². The molecule has 0 aliphatic heterocycles. The third-order valence-corrected chi connectivity index (χ3v) is 7.06. The van der Waals surface area contributed by atoms with Crippen molar-refractivity contribution in [1.29, 1.82) is 0 Å². The van der Waals surface area contributed by atoms with Crippen molar-refractivity contribution in [3.63, 3.8) is 0 Å². The van der Waals surface area contributed by atoms with Gasteiger partial charge in [0.2, 0.25) is 0 Å². The van der Waals surface area contributed by atoms with Gasteiger partial charge < -0.3 is 9.84 Å². The molecule has 0 aromatic heterocycles. The van der Waals surface area contributed by atoms with Crippen LogP contribution < -0.4 is 0 Å². The molecule has 2 nitrogen and oxygen atoms in total. The Bertz CT molecular complexity index is 798. The van der Waals surface area contributed by atoms with Gasteiger partial charge in [-0.15, -0.1) is 0 Å². The third kappa shape index (κ3) is 6.34. The summed E-state index contributed by atoms with van der Waals surface area (Å²) in [6.07, 6.45) is 15.0. The van der Waals surface area contributed by atoms with Crippen LogP contribution in [0.3, 0.4) is 0 Å². The zero-order chi connectivity index (χ0) is 22.8. The lowest BCUT2D eigenvalue weighted by Gasteiger charge is -2.30. The van der Waals surface area contributed by atoms with Crippen LogP contribution >= 0.6 is 0 Å². The van der Waals surface area contributed by atoms with Gasteiger partial charge in [-0.2, -0.15) is 0 Å². The van der Waals surface area contributed by atoms with E-state index < -0.39 is 5.60 Å². The van der Waals surface area contributed by atoms with Crippen molar-refractivity contribution in [3.8, 4) is 0 Å². The smallest absolute Gasteiger partial charge is 0.140 e. The highest BCUT2D eigenvalue weighted by atomic mass is 16.5. The molecule has 0 atom stereocenters. The van der Waals surface area contributed by atoms with E-state index in [0.29, 0.717) is 12.2 Å². The van der Waals surface area contributed by atoms with E-state index in [0.717, 1.165) is 16.7 Å². The second kappa shape index (κ2) is 12.2. The average Bonchev–Trinajstić information content (AvgIpc) is 2.91. The molecule has 2 aliphatic rings. The maximum absolute atomic E-state index is 11.4. The first kappa shape index (κ1) is 23.7. The van der Waals surface area contributed by atoms with Crippen molar-refractivity contribution in [1.82, 2.24) is 0 Å². The van der Waals surface area contributed by atoms with Gasteiger partial charge in [0.25, 0.3) is 0 Å². The fraction of sp³-hybridized carbons (Fsp3) is 0.419. The predicted molar refractivity (Wildman–Crippen MR) is 136 cm³/mol. The number of ether oxygens (including phenoxy) is 1. The van der Waals surface area contributed by atoms with Gasteiger partial charge in [-0.05, 0) is 42.4 Å². The largest absolute Gasteiger partial charge is 0.376 e. The Morgan fingerprint density at radius 3 is 1.09 bits per heavy atom. The average molecular weight is 443 g/mol. The lowest BCUT2D eigenvalue weighted by Crippen LogP contribution is -2.28. The van der Waals surface area contributed by atoms with Gasteiger partial charge in [0.1, 0.15) is 5.60 Å². The summed E-state index contributed by atoms with van der Waals surface area (Å²) >= 11 is 0. The van der Waals surface area contributed by atoms with E-state index in [1.165, 1.54) is 64.2 Å². The molecule has 0 saturated heterocycles. The van der Waals surface area contributed by atoms with Crippen LogP contribution in [-0.2, 0) is 10.3 Å². The fourth-order valence-corrected chi connectivity index (χ4v) is 5.21. The standard InChI is InChI=1S/C19H16O.C12H22O/c20-19(16-10-4-1-5-11-16,17-12-6-2-7-13-17)18-14-8-3-9-15-18;1-3-7-11(8-4-1)13-12-9-5-2-6-10-12/h1-15,20H;11-12H,1-10H2. The van der Waals surface area contributed by atoms with Gasteiger partial charge in [0, 0.05) is 0 Å². The minimum atomic E-state index is -1.12. The first-order valence-corrected chi connectivity index (χ1v) is 12.8. The first-order chi connectivity index (χ1) is 16.3. The first-order valence-electron chi connectivity index (χ1n) is 12.8. The molecule has 0 unspecified atom stereocenters. The Hall–Kier alpha value is -2.42. The minimum absolute atomic E-state index is 0.622. The van der Waals surface area contributed by atoms with Crippen molar-refractivity contribution < 1.29 is 9.84 Å². The number of hydrogen-bond donors (Lipinski definition) is 1. The normalized spacial score (nSPS) is 17.7. The van der Waals surface area contributed by atoms with Gasteiger partial charge in [0.15, 0.2) is 0 Å². The molecular weight excluding hydrogens is 404 g/mol. The summed E-state index contributed by atoms with van der Waals surface area (Å²) in [5, 5.41) is 11.4. The molecule has 0 bridgehead atoms. The van der Waals surface area contributed by atoms with Crippen LogP contribution in [0.5, 0.6) is 0 Å². The SMILES string of the molecule is C1CCC(OC2CCCCC2)CC1.OC(c1ccccc1)(c1ccccc1)c1ccccc1. The van der Waals surface area contributed by atoms with E-state index in [9.17, 15) is 5.11 Å². The Morgan fingerprint density at radius 1 is 0.485 bits per heavy atom. The second-order valence-corrected chi connectivity index (χ2v) is 9.46. The summed E-state index contributed by atoms with van der Waals surface area (Å²) in [5.74, 6) is 0. The number of aliphatic hydroxyl groups is 1. The molecule has 2 saturated carbocycles. The fourth-order valence-electron chi connectivity index (χ4n) is 5.21. The highest BCUT2D eigenvalue weighted by molar-refractivity contribution is 5.46. The summed E-state index contributed by atoms with van der Waals surface area (Å²) in [4.78, 5) is 0. The molecular formula is C31H38O2. The van der Waals surface area contributed by atoms with E-state index in [2.05, 4.69) is 0 Å². The molecule has 2 aliphatic carbocycles. The summed E-state index contributed by atoms with van der Waals surface area (Å²) in [6.45, 7) is 0. The minimum Gasteiger partial charge on any atom is -0.376 e. The molecule has 0 amide bonds. The Kier molecular flexibility index (Phi) is 8.74. The zero-order valence-electron chi connectivity index (χ0n) is 19.7. The highest BCUT2D eigenvalue weighted by Gasteiger charge is 2.33. The monoisotopic (exact) mass is 442 g/mol. The highest BCUT2D eigenvalue weighted by Crippen LogP contribution is 2.36. The molecule has 0 spiro atoms. The van der Waals surface area contributed by atoms with Crippen LogP contribution in [0.15, 0.2) is 91.0 Å². The molecule has 0 radical (unpaired) electrons. The molecule has 2 heteroatoms. The van der Waals surface area contributed by atoms with E-state index in [-0.39, 0.29) is 0 Å². The van der Waals surface area contributed by atoms with Crippen LogP contribution in [0.4, 0.5) is 0 Å². The Morgan fingerprint density at radius 2 is 0.788 bits per heavy atom. The van der Waals surface area contributed by atoms with Gasteiger partial charge in [-0.25, -0.2) is 0 Å². The van der Waals surface area contributed by atoms with Crippen molar-refractivity contribution in [2.45, 2.75) is 82.0 Å². The number of benzene rings is 3. The van der Waals surface area contributed by atoms with Crippen molar-refractivity contribution in [3.05, 3.63) is 108 Å². The van der Waals surface area contributed by atoms with Crippen LogP contribution in [0.25, 0.3) is 0 Å².